The molecule has 4 aromatic rings. The monoisotopic (exact) mass is 377 g/mol. The van der Waals surface area contributed by atoms with Crippen LogP contribution in [0.15, 0.2) is 42.5 Å². The van der Waals surface area contributed by atoms with E-state index in [2.05, 4.69) is 30.7 Å². The largest absolute Gasteiger partial charge is 0.494 e. The first-order chi connectivity index (χ1) is 13.6. The Balaban J connectivity index is 1.42. The van der Waals surface area contributed by atoms with Crippen LogP contribution in [-0.4, -0.2) is 42.7 Å². The second-order valence-corrected chi connectivity index (χ2v) is 6.20. The summed E-state index contributed by atoms with van der Waals surface area (Å²) >= 11 is 0. The third-order valence-electron chi connectivity index (χ3n) is 4.05. The van der Waals surface area contributed by atoms with Crippen molar-refractivity contribution in [2.24, 2.45) is 0 Å². The zero-order chi connectivity index (χ0) is 19.5. The summed E-state index contributed by atoms with van der Waals surface area (Å²) in [4.78, 5) is 21.0. The van der Waals surface area contributed by atoms with Gasteiger partial charge in [-0.05, 0) is 61.5 Å². The molecular formula is C19H19N7O2. The highest BCUT2D eigenvalue weighted by molar-refractivity contribution is 5.90. The summed E-state index contributed by atoms with van der Waals surface area (Å²) in [6.07, 6.45) is 0. The maximum atomic E-state index is 12.2. The van der Waals surface area contributed by atoms with Crippen molar-refractivity contribution in [3.8, 4) is 17.1 Å². The highest BCUT2D eigenvalue weighted by Crippen LogP contribution is 2.20. The highest BCUT2D eigenvalue weighted by Gasteiger charge is 2.11. The minimum absolute atomic E-state index is 0.0361. The molecule has 2 N–H and O–H groups in total. The molecule has 0 atom stereocenters. The van der Waals surface area contributed by atoms with Gasteiger partial charge in [-0.3, -0.25) is 4.79 Å². The third kappa shape index (κ3) is 3.83. The standard InChI is InChI=1S/C19H19N7O2/c1-3-28-15-7-5-14(6-8-15)22-18(27)11-26-24-19(23-25-26)13-4-9-16-17(10-13)21-12(2)20-16/h4-10H,3,11H2,1-2H3,(H,20,21)(H,22,27). The summed E-state index contributed by atoms with van der Waals surface area (Å²) in [7, 11) is 0. The number of hydrogen-bond donors (Lipinski definition) is 2. The van der Waals surface area contributed by atoms with Gasteiger partial charge in [0.2, 0.25) is 11.7 Å². The molecule has 1 amide bonds. The number of amides is 1. The van der Waals surface area contributed by atoms with E-state index in [4.69, 9.17) is 4.74 Å². The number of tetrazole rings is 1. The molecule has 9 heteroatoms. The van der Waals surface area contributed by atoms with Crippen molar-refractivity contribution in [3.05, 3.63) is 48.3 Å². The lowest BCUT2D eigenvalue weighted by atomic mass is 10.2. The number of rotatable bonds is 6. The lowest BCUT2D eigenvalue weighted by Gasteiger charge is -2.06. The minimum Gasteiger partial charge on any atom is -0.494 e. The topological polar surface area (TPSA) is 111 Å². The lowest BCUT2D eigenvalue weighted by Crippen LogP contribution is -2.20. The van der Waals surface area contributed by atoms with Crippen LogP contribution >= 0.6 is 0 Å². The number of aromatic nitrogens is 6. The molecule has 0 radical (unpaired) electrons. The van der Waals surface area contributed by atoms with Crippen LogP contribution in [0.3, 0.4) is 0 Å². The summed E-state index contributed by atoms with van der Waals surface area (Å²) < 4.78 is 5.38. The van der Waals surface area contributed by atoms with Crippen LogP contribution < -0.4 is 10.1 Å². The fraction of sp³-hybridized carbons (Fsp3) is 0.211. The van der Waals surface area contributed by atoms with E-state index in [1.165, 1.54) is 4.80 Å². The zero-order valence-electron chi connectivity index (χ0n) is 15.5. The number of benzene rings is 2. The van der Waals surface area contributed by atoms with Gasteiger partial charge in [0, 0.05) is 11.3 Å². The van der Waals surface area contributed by atoms with Gasteiger partial charge in [0.1, 0.15) is 18.1 Å². The number of aryl methyl sites for hydroxylation is 1. The Kier molecular flexibility index (Phi) is 4.71. The van der Waals surface area contributed by atoms with Crippen LogP contribution in [0.25, 0.3) is 22.4 Å². The predicted molar refractivity (Wildman–Crippen MR) is 104 cm³/mol. The molecule has 2 aromatic heterocycles. The van der Waals surface area contributed by atoms with Crippen molar-refractivity contribution in [2.45, 2.75) is 20.4 Å². The van der Waals surface area contributed by atoms with E-state index in [1.807, 2.05) is 32.0 Å². The van der Waals surface area contributed by atoms with Crippen molar-refractivity contribution in [1.29, 1.82) is 0 Å². The molecule has 2 heterocycles. The van der Waals surface area contributed by atoms with Gasteiger partial charge < -0.3 is 15.0 Å². The van der Waals surface area contributed by atoms with E-state index in [9.17, 15) is 4.79 Å². The average molecular weight is 377 g/mol. The molecule has 0 spiro atoms. The van der Waals surface area contributed by atoms with E-state index < -0.39 is 0 Å². The summed E-state index contributed by atoms with van der Waals surface area (Å²) in [5.74, 6) is 1.80. The van der Waals surface area contributed by atoms with E-state index in [1.54, 1.807) is 24.3 Å². The molecule has 0 aliphatic carbocycles. The molecule has 9 nitrogen and oxygen atoms in total. The van der Waals surface area contributed by atoms with Gasteiger partial charge in [-0.1, -0.05) is 0 Å². The van der Waals surface area contributed by atoms with Crippen LogP contribution in [-0.2, 0) is 11.3 Å². The van der Waals surface area contributed by atoms with Crippen LogP contribution in [0.1, 0.15) is 12.7 Å². The molecule has 0 unspecified atom stereocenters. The molecule has 142 valence electrons. The molecule has 2 aromatic carbocycles. The number of imidazole rings is 1. The van der Waals surface area contributed by atoms with E-state index >= 15 is 0 Å². The Morgan fingerprint density at radius 1 is 1.21 bits per heavy atom. The van der Waals surface area contributed by atoms with Crippen LogP contribution in [0.2, 0.25) is 0 Å². The average Bonchev–Trinajstić information content (AvgIpc) is 3.28. The normalized spacial score (nSPS) is 10.9. The van der Waals surface area contributed by atoms with E-state index in [0.29, 0.717) is 18.1 Å². The van der Waals surface area contributed by atoms with Crippen LogP contribution in [0, 0.1) is 6.92 Å². The first-order valence-electron chi connectivity index (χ1n) is 8.88. The maximum absolute atomic E-state index is 12.2. The quantitative estimate of drug-likeness (QED) is 0.534. The molecule has 4 rings (SSSR count). The number of carbonyl (C=O) groups excluding carboxylic acids is 1. The molecule has 28 heavy (non-hydrogen) atoms. The van der Waals surface area contributed by atoms with Crippen LogP contribution in [0.5, 0.6) is 5.75 Å². The summed E-state index contributed by atoms with van der Waals surface area (Å²) in [6.45, 7) is 4.38. The number of H-pyrrole nitrogens is 1. The van der Waals surface area contributed by atoms with Crippen LogP contribution in [0.4, 0.5) is 5.69 Å². The number of anilines is 1. The van der Waals surface area contributed by atoms with Gasteiger partial charge in [-0.2, -0.15) is 4.80 Å². The van der Waals surface area contributed by atoms with Crippen molar-refractivity contribution in [3.63, 3.8) is 0 Å². The number of ether oxygens (including phenoxy) is 1. The summed E-state index contributed by atoms with van der Waals surface area (Å²) in [6, 6.07) is 12.9. The SMILES string of the molecule is CCOc1ccc(NC(=O)Cn2nnc(-c3ccc4nc(C)[nH]c4c3)n2)cc1. The number of fused-ring (bicyclic) bond motifs is 1. The van der Waals surface area contributed by atoms with Gasteiger partial charge in [0.25, 0.3) is 0 Å². The molecule has 0 bridgehead atoms. The van der Waals surface area contributed by atoms with Gasteiger partial charge in [-0.15, -0.1) is 10.2 Å². The van der Waals surface area contributed by atoms with Crippen molar-refractivity contribution >= 4 is 22.6 Å². The van der Waals surface area contributed by atoms with Crippen molar-refractivity contribution in [2.75, 3.05) is 11.9 Å². The predicted octanol–water partition coefficient (Wildman–Crippen LogP) is 2.56. The fourth-order valence-corrected chi connectivity index (χ4v) is 2.83. The van der Waals surface area contributed by atoms with E-state index in [0.717, 1.165) is 28.2 Å². The second-order valence-electron chi connectivity index (χ2n) is 6.20. The Labute approximate surface area is 160 Å². The van der Waals surface area contributed by atoms with Gasteiger partial charge in [0.15, 0.2) is 0 Å². The van der Waals surface area contributed by atoms with E-state index in [-0.39, 0.29) is 12.5 Å². The second kappa shape index (κ2) is 7.47. The Morgan fingerprint density at radius 2 is 2.04 bits per heavy atom. The maximum Gasteiger partial charge on any atom is 0.248 e. The first-order valence-corrected chi connectivity index (χ1v) is 8.88. The molecule has 0 saturated carbocycles. The number of nitrogens with one attached hydrogen (secondary N) is 2. The number of nitrogens with zero attached hydrogens (tertiary/aromatic N) is 5. The third-order valence-corrected chi connectivity index (χ3v) is 4.05. The number of aromatic amines is 1. The Hall–Kier alpha value is -3.75. The molecule has 0 fully saturated rings. The number of hydrogen-bond acceptors (Lipinski definition) is 6. The number of carbonyl (C=O) groups is 1. The van der Waals surface area contributed by atoms with Gasteiger partial charge in [-0.25, -0.2) is 4.98 Å². The first kappa shape index (κ1) is 17.7. The zero-order valence-corrected chi connectivity index (χ0v) is 15.5. The lowest BCUT2D eigenvalue weighted by molar-refractivity contribution is -0.117. The molecule has 0 saturated heterocycles. The molecule has 0 aliphatic heterocycles. The van der Waals surface area contributed by atoms with Gasteiger partial charge >= 0.3 is 0 Å². The summed E-state index contributed by atoms with van der Waals surface area (Å²) in [5.41, 5.74) is 3.26. The highest BCUT2D eigenvalue weighted by atomic mass is 16.5. The van der Waals surface area contributed by atoms with Crippen molar-refractivity contribution in [1.82, 2.24) is 30.2 Å². The molecular weight excluding hydrogens is 358 g/mol. The Morgan fingerprint density at radius 3 is 2.82 bits per heavy atom. The van der Waals surface area contributed by atoms with Crippen molar-refractivity contribution < 1.29 is 9.53 Å². The van der Waals surface area contributed by atoms with Gasteiger partial charge in [0.05, 0.1) is 17.6 Å². The molecule has 0 aliphatic rings. The Bertz CT molecular complexity index is 1110. The summed E-state index contributed by atoms with van der Waals surface area (Å²) in [5, 5.41) is 15.1. The minimum atomic E-state index is -0.243. The fourth-order valence-electron chi connectivity index (χ4n) is 2.83. The smallest absolute Gasteiger partial charge is 0.248 e.